The van der Waals surface area contributed by atoms with Crippen LogP contribution in [0.4, 0.5) is 4.39 Å². The topological polar surface area (TPSA) is 333 Å². The minimum Gasteiger partial charge on any atom is -0.458 e. The van der Waals surface area contributed by atoms with Crippen molar-refractivity contribution < 1.29 is 56.2 Å². The molecule has 28 heteroatoms. The number of rotatable bonds is 27. The first-order chi connectivity index (χ1) is 41.9. The zero-order chi connectivity index (χ0) is 63.2. The van der Waals surface area contributed by atoms with E-state index < -0.39 is 94.4 Å². The number of pyridine rings is 2. The zero-order valence-electron chi connectivity index (χ0n) is 50.9. The van der Waals surface area contributed by atoms with Crippen LogP contribution in [-0.4, -0.2) is 171 Å². The first-order valence-electron chi connectivity index (χ1n) is 30.1. The molecule has 1 fully saturated rings. The lowest BCUT2D eigenvalue weighted by atomic mass is 9.81. The van der Waals surface area contributed by atoms with Gasteiger partial charge in [-0.2, -0.15) is 0 Å². The SMILES string of the molecule is CC[C@@]1(O)C(=O)OCc2c1cc1n(c2=O)Cc2c-1nc1cc(F)c(C)c3c1c2[C@@H](NC(=O)COCNC(=O)CNC(=O)[C@H](CCCCN1CCC(N(C)C)CC1)NC(=O)[C@@H](NC(=O)CCCCCn1cc(-c2cnc(S(C)(=O)=O)nc2)nn1)C(C)C)CC3. The second-order valence-corrected chi connectivity index (χ2v) is 25.8. The van der Waals surface area contributed by atoms with E-state index >= 15 is 4.39 Å². The van der Waals surface area contributed by atoms with Gasteiger partial charge < -0.3 is 55.5 Å². The maximum absolute atomic E-state index is 15.5. The lowest BCUT2D eigenvalue weighted by Crippen LogP contribution is -2.56. The second kappa shape index (κ2) is 27.8. The number of cyclic esters (lactones) is 1. The van der Waals surface area contributed by atoms with Crippen LogP contribution in [0, 0.1) is 18.7 Å². The quantitative estimate of drug-likeness (QED) is 0.0187. The standard InChI is InChI=1S/C60H79FN14O12S/c1-8-60(83)41-24-47-54-39(29-75(47)57(81)40(41)31-87-58(60)82)52-43(17-16-38-35(4)42(61)25-45(67-54)51(38)52)66-50(78)32-86-33-65-49(77)28-62-55(79)44(14-11-13-20-73-22-18-37(19-23-73)72(5)6)68-56(80)53(34(2)3)69-48(76)15-10-9-12-21-74-30-46(70-71-74)36-26-63-59(64-27-36)88(7,84)85/h24-27,30,34,37,43-44,53,83H,8-23,28-29,31-33H2,1-7H3,(H,62,79)(H,65,77)(H,66,78)(H,68,80)(H,69,76)/t43-,44-,53-,60-/m0/s1. The predicted molar refractivity (Wildman–Crippen MR) is 319 cm³/mol. The summed E-state index contributed by atoms with van der Waals surface area (Å²) >= 11 is 0. The molecule has 1 saturated heterocycles. The molecule has 1 aromatic carbocycles. The highest BCUT2D eigenvalue weighted by Crippen LogP contribution is 2.46. The van der Waals surface area contributed by atoms with Gasteiger partial charge in [0.2, 0.25) is 44.5 Å². The fourth-order valence-corrected chi connectivity index (χ4v) is 12.6. The largest absolute Gasteiger partial charge is 0.458 e. The number of piperidine rings is 1. The molecule has 9 rings (SSSR count). The molecule has 5 aromatic rings. The van der Waals surface area contributed by atoms with Gasteiger partial charge in [-0.3, -0.25) is 33.4 Å². The average molecular weight is 1240 g/mol. The highest BCUT2D eigenvalue weighted by molar-refractivity contribution is 7.90. The number of fused-ring (bicyclic) bond motifs is 5. The molecule has 0 bridgehead atoms. The average Bonchev–Trinajstić information content (AvgIpc) is 1.46. The van der Waals surface area contributed by atoms with Gasteiger partial charge in [-0.25, -0.2) is 32.6 Å². The number of sulfone groups is 1. The van der Waals surface area contributed by atoms with Crippen molar-refractivity contribution in [1.29, 1.82) is 0 Å². The van der Waals surface area contributed by atoms with Gasteiger partial charge in [0.05, 0.1) is 47.8 Å². The summed E-state index contributed by atoms with van der Waals surface area (Å²) in [5, 5.41) is 34.0. The third-order valence-electron chi connectivity index (χ3n) is 17.2. The van der Waals surface area contributed by atoms with Gasteiger partial charge in [-0.1, -0.05) is 32.4 Å². The van der Waals surface area contributed by atoms with Crippen LogP contribution in [0.5, 0.6) is 0 Å². The third kappa shape index (κ3) is 14.6. The number of nitrogens with zero attached hydrogens (tertiary/aromatic N) is 9. The molecule has 1 aliphatic carbocycles. The second-order valence-electron chi connectivity index (χ2n) is 23.9. The van der Waals surface area contributed by atoms with Crippen molar-refractivity contribution in [2.75, 3.05) is 59.9 Å². The first kappa shape index (κ1) is 64.8. The van der Waals surface area contributed by atoms with E-state index in [1.807, 2.05) is 0 Å². The number of esters is 1. The number of ether oxygens (including phenoxy) is 2. The van der Waals surface area contributed by atoms with Gasteiger partial charge in [0, 0.05) is 65.8 Å². The summed E-state index contributed by atoms with van der Waals surface area (Å²) in [7, 11) is 0.629. The number of benzene rings is 1. The molecule has 0 saturated carbocycles. The van der Waals surface area contributed by atoms with Crippen LogP contribution in [-0.2, 0) is 79.8 Å². The van der Waals surface area contributed by atoms with Gasteiger partial charge >= 0.3 is 5.97 Å². The van der Waals surface area contributed by atoms with Crippen molar-refractivity contribution in [2.24, 2.45) is 5.92 Å². The Morgan fingerprint density at radius 2 is 1.66 bits per heavy atom. The van der Waals surface area contributed by atoms with Crippen LogP contribution in [0.25, 0.3) is 33.5 Å². The number of carbonyl (C=O) groups is 6. The molecule has 474 valence electrons. The molecule has 6 N–H and O–H groups in total. The molecule has 3 aliphatic heterocycles. The molecule has 0 unspecified atom stereocenters. The van der Waals surface area contributed by atoms with Gasteiger partial charge in [-0.15, -0.1) is 5.10 Å². The zero-order valence-corrected chi connectivity index (χ0v) is 51.7. The summed E-state index contributed by atoms with van der Waals surface area (Å²) in [6.45, 7) is 8.54. The molecule has 88 heavy (non-hydrogen) atoms. The Bertz CT molecular complexity index is 3640. The van der Waals surface area contributed by atoms with E-state index in [1.54, 1.807) is 44.6 Å². The van der Waals surface area contributed by atoms with Gasteiger partial charge in [0.1, 0.15) is 43.5 Å². The number of nitrogens with one attached hydrogen (secondary N) is 5. The van der Waals surface area contributed by atoms with Crippen LogP contribution in [0.1, 0.15) is 131 Å². The summed E-state index contributed by atoms with van der Waals surface area (Å²) in [6.07, 6.45) is 11.9. The number of hydrogen-bond acceptors (Lipinski definition) is 19. The van der Waals surface area contributed by atoms with Gasteiger partial charge in [0.25, 0.3) is 5.56 Å². The van der Waals surface area contributed by atoms with Crippen molar-refractivity contribution in [3.63, 3.8) is 0 Å². The first-order valence-corrected chi connectivity index (χ1v) is 32.0. The monoisotopic (exact) mass is 1240 g/mol. The molecule has 0 spiro atoms. The summed E-state index contributed by atoms with van der Waals surface area (Å²) in [4.78, 5) is 112. The Hall–Kier alpha value is -7.66. The molecular weight excluding hydrogens is 1160 g/mol. The van der Waals surface area contributed by atoms with E-state index in [2.05, 4.69) is 70.8 Å². The van der Waals surface area contributed by atoms with Crippen molar-refractivity contribution in [1.82, 2.24) is 70.9 Å². The highest BCUT2D eigenvalue weighted by Gasteiger charge is 2.46. The van der Waals surface area contributed by atoms with Gasteiger partial charge in [0.15, 0.2) is 5.60 Å². The van der Waals surface area contributed by atoms with Gasteiger partial charge in [-0.05, 0) is 134 Å². The molecule has 26 nitrogen and oxygen atoms in total. The van der Waals surface area contributed by atoms with Crippen LogP contribution in [0.15, 0.2) is 40.7 Å². The van der Waals surface area contributed by atoms with Crippen molar-refractivity contribution in [3.05, 3.63) is 80.3 Å². The number of carbonyl (C=O) groups excluding carboxylic acids is 6. The number of likely N-dealkylation sites (tertiary alicyclic amines) is 1. The minimum absolute atomic E-state index is 0.0453. The molecule has 4 aliphatic rings. The Morgan fingerprint density at radius 1 is 0.920 bits per heavy atom. The predicted octanol–water partition coefficient (Wildman–Crippen LogP) is 2.37. The summed E-state index contributed by atoms with van der Waals surface area (Å²) in [5.74, 6) is -4.28. The number of halogens is 1. The number of aromatic nitrogens is 7. The molecule has 7 heterocycles. The Balaban J connectivity index is 0.765. The molecule has 4 aromatic heterocycles. The lowest BCUT2D eigenvalue weighted by Gasteiger charge is -2.35. The maximum Gasteiger partial charge on any atom is 0.343 e. The van der Waals surface area contributed by atoms with E-state index in [0.717, 1.165) is 50.7 Å². The normalized spacial score (nSPS) is 18.1. The van der Waals surface area contributed by atoms with E-state index in [9.17, 15) is 47.1 Å². The fourth-order valence-electron chi connectivity index (χ4n) is 12.1. The molecule has 0 radical (unpaired) electrons. The molecule has 5 amide bonds. The lowest BCUT2D eigenvalue weighted by molar-refractivity contribution is -0.172. The number of aliphatic hydroxyl groups is 1. The Kier molecular flexibility index (Phi) is 20.5. The maximum atomic E-state index is 15.5. The third-order valence-corrected chi connectivity index (χ3v) is 18.1. The van der Waals surface area contributed by atoms with E-state index in [1.165, 1.54) is 23.0 Å². The number of hydrogen-bond donors (Lipinski definition) is 6. The van der Waals surface area contributed by atoms with Crippen molar-refractivity contribution >= 4 is 56.2 Å². The Labute approximate surface area is 509 Å². The van der Waals surface area contributed by atoms with Crippen molar-refractivity contribution in [2.45, 2.75) is 159 Å². The Morgan fingerprint density at radius 3 is 2.36 bits per heavy atom. The summed E-state index contributed by atoms with van der Waals surface area (Å²) in [6, 6.07) is 0.819. The van der Waals surface area contributed by atoms with E-state index in [4.69, 9.17) is 14.5 Å². The van der Waals surface area contributed by atoms with Crippen molar-refractivity contribution in [3.8, 4) is 22.6 Å². The highest BCUT2D eigenvalue weighted by atomic mass is 32.2. The van der Waals surface area contributed by atoms with E-state index in [-0.39, 0.29) is 60.5 Å². The smallest absolute Gasteiger partial charge is 0.343 e. The summed E-state index contributed by atoms with van der Waals surface area (Å²) in [5.41, 5.74) is 2.25. The summed E-state index contributed by atoms with van der Waals surface area (Å²) < 4.78 is 52.9. The number of aryl methyl sites for hydroxylation is 2. The minimum atomic E-state index is -3.55. The molecular formula is C60H79FN14O12S. The number of amides is 5. The fraction of sp³-hybridized carbons (Fsp3) is 0.567. The van der Waals surface area contributed by atoms with Crippen LogP contribution in [0.2, 0.25) is 0 Å². The number of unbranched alkanes of at least 4 members (excludes halogenated alkanes) is 3. The van der Waals surface area contributed by atoms with E-state index in [0.29, 0.717) is 101 Å². The molecule has 4 atom stereocenters. The van der Waals surface area contributed by atoms with Crippen LogP contribution in [0.3, 0.4) is 0 Å². The van der Waals surface area contributed by atoms with Crippen LogP contribution < -0.4 is 32.1 Å². The van der Waals surface area contributed by atoms with Crippen LogP contribution >= 0.6 is 0 Å².